The van der Waals surface area contributed by atoms with Gasteiger partial charge in [-0.2, -0.15) is 5.10 Å². The quantitative estimate of drug-likeness (QED) is 0.596. The van der Waals surface area contributed by atoms with Crippen molar-refractivity contribution in [1.29, 1.82) is 0 Å². The van der Waals surface area contributed by atoms with Crippen molar-refractivity contribution < 1.29 is 9.53 Å². The van der Waals surface area contributed by atoms with Crippen LogP contribution in [-0.2, 0) is 11.3 Å². The molecule has 0 radical (unpaired) electrons. The van der Waals surface area contributed by atoms with E-state index in [1.807, 2.05) is 42.8 Å². The molecule has 0 saturated heterocycles. The summed E-state index contributed by atoms with van der Waals surface area (Å²) in [6.07, 6.45) is 0.876. The van der Waals surface area contributed by atoms with E-state index in [0.29, 0.717) is 12.3 Å². The van der Waals surface area contributed by atoms with E-state index in [1.165, 1.54) is 11.8 Å². The fourth-order valence-corrected chi connectivity index (χ4v) is 2.96. The van der Waals surface area contributed by atoms with Crippen molar-refractivity contribution in [3.05, 3.63) is 41.7 Å². The number of nitrogens with zero attached hydrogens (tertiary/aromatic N) is 2. The molecule has 124 valence electrons. The maximum absolute atomic E-state index is 11.8. The van der Waals surface area contributed by atoms with Crippen LogP contribution in [0.5, 0.6) is 5.75 Å². The smallest absolute Gasteiger partial charge is 0.230 e. The largest absolute Gasteiger partial charge is 0.497 e. The zero-order valence-corrected chi connectivity index (χ0v) is 14.7. The lowest BCUT2D eigenvalue weighted by molar-refractivity contribution is -0.118. The van der Waals surface area contributed by atoms with Crippen LogP contribution in [0.25, 0.3) is 0 Å². The van der Waals surface area contributed by atoms with Gasteiger partial charge in [0.2, 0.25) is 5.91 Å². The minimum atomic E-state index is 0.0548. The van der Waals surface area contributed by atoms with Crippen LogP contribution in [0.3, 0.4) is 0 Å². The first kappa shape index (κ1) is 17.4. The molecule has 1 N–H and O–H groups in total. The van der Waals surface area contributed by atoms with Gasteiger partial charge in [-0.15, -0.1) is 11.8 Å². The molecule has 0 bridgehead atoms. The maximum Gasteiger partial charge on any atom is 0.230 e. The summed E-state index contributed by atoms with van der Waals surface area (Å²) >= 11 is 1.52. The van der Waals surface area contributed by atoms with Crippen LogP contribution in [0.4, 0.5) is 0 Å². The van der Waals surface area contributed by atoms with Gasteiger partial charge in [0.05, 0.1) is 18.6 Å². The second kappa shape index (κ2) is 8.62. The Morgan fingerprint density at radius 1 is 1.30 bits per heavy atom. The number of amides is 1. The molecule has 5 nitrogen and oxygen atoms in total. The minimum absolute atomic E-state index is 0.0548. The van der Waals surface area contributed by atoms with Gasteiger partial charge in [0.1, 0.15) is 5.75 Å². The maximum atomic E-state index is 11.8. The zero-order valence-electron chi connectivity index (χ0n) is 13.8. The number of methoxy groups -OCH3 is 1. The third-order valence-electron chi connectivity index (χ3n) is 3.40. The molecule has 0 unspecified atom stereocenters. The van der Waals surface area contributed by atoms with E-state index in [2.05, 4.69) is 16.5 Å². The van der Waals surface area contributed by atoms with Gasteiger partial charge in [0, 0.05) is 23.7 Å². The summed E-state index contributed by atoms with van der Waals surface area (Å²) in [6.45, 7) is 5.53. The molecule has 1 heterocycles. The Bertz CT molecular complexity index is 638. The third kappa shape index (κ3) is 5.63. The average molecular weight is 333 g/mol. The molecule has 1 amide bonds. The summed E-state index contributed by atoms with van der Waals surface area (Å²) in [5.41, 5.74) is 2.19. The number of nitrogens with one attached hydrogen (secondary N) is 1. The topological polar surface area (TPSA) is 56.1 Å². The number of rotatable bonds is 8. The zero-order chi connectivity index (χ0) is 16.7. The number of aromatic nitrogens is 2. The third-order valence-corrected chi connectivity index (χ3v) is 4.41. The standard InChI is InChI=1S/C17H23N3O2S/c1-13-11-14(2)20(19-13)10-4-9-18-17(21)12-23-16-7-5-15(22-3)6-8-16/h5-8,11H,4,9-10,12H2,1-3H3,(H,18,21). The molecule has 0 aliphatic heterocycles. The van der Waals surface area contributed by atoms with E-state index in [-0.39, 0.29) is 5.91 Å². The van der Waals surface area contributed by atoms with Crippen LogP contribution in [0.1, 0.15) is 17.8 Å². The van der Waals surface area contributed by atoms with E-state index >= 15 is 0 Å². The molecular formula is C17H23N3O2S. The monoisotopic (exact) mass is 333 g/mol. The van der Waals surface area contributed by atoms with Crippen molar-refractivity contribution in [2.75, 3.05) is 19.4 Å². The van der Waals surface area contributed by atoms with Crippen LogP contribution >= 0.6 is 11.8 Å². The molecule has 6 heteroatoms. The van der Waals surface area contributed by atoms with E-state index in [1.54, 1.807) is 7.11 Å². The number of benzene rings is 1. The summed E-state index contributed by atoms with van der Waals surface area (Å²) in [5.74, 6) is 1.30. The summed E-state index contributed by atoms with van der Waals surface area (Å²) < 4.78 is 7.09. The number of hydrogen-bond donors (Lipinski definition) is 1. The van der Waals surface area contributed by atoms with Crippen molar-refractivity contribution in [2.24, 2.45) is 0 Å². The molecule has 0 aliphatic carbocycles. The van der Waals surface area contributed by atoms with Gasteiger partial charge in [0.15, 0.2) is 0 Å². The molecule has 23 heavy (non-hydrogen) atoms. The number of hydrogen-bond acceptors (Lipinski definition) is 4. The number of carbonyl (C=O) groups is 1. The lowest BCUT2D eigenvalue weighted by atomic mass is 10.3. The number of aryl methyl sites for hydroxylation is 3. The fraction of sp³-hybridized carbons (Fsp3) is 0.412. The summed E-state index contributed by atoms with van der Waals surface area (Å²) in [7, 11) is 1.64. The first-order valence-corrected chi connectivity index (χ1v) is 8.61. The molecular weight excluding hydrogens is 310 g/mol. The molecule has 0 spiro atoms. The van der Waals surface area contributed by atoms with Gasteiger partial charge in [-0.3, -0.25) is 9.48 Å². The van der Waals surface area contributed by atoms with Crippen LogP contribution in [0.2, 0.25) is 0 Å². The Morgan fingerprint density at radius 3 is 2.65 bits per heavy atom. The average Bonchev–Trinajstić information content (AvgIpc) is 2.87. The molecule has 2 rings (SSSR count). The molecule has 0 fully saturated rings. The summed E-state index contributed by atoms with van der Waals surface area (Å²) in [5, 5.41) is 7.35. The molecule has 0 saturated carbocycles. The number of thioether (sulfide) groups is 1. The Labute approximate surface area is 141 Å². The Kier molecular flexibility index (Phi) is 6.52. The molecule has 0 aliphatic rings. The van der Waals surface area contributed by atoms with Gasteiger partial charge < -0.3 is 10.1 Å². The molecule has 0 atom stereocenters. The second-order valence-electron chi connectivity index (χ2n) is 5.32. The first-order chi connectivity index (χ1) is 11.1. The van der Waals surface area contributed by atoms with E-state index in [0.717, 1.165) is 35.0 Å². The Balaban J connectivity index is 1.64. The van der Waals surface area contributed by atoms with Crippen molar-refractivity contribution >= 4 is 17.7 Å². The summed E-state index contributed by atoms with van der Waals surface area (Å²) in [6, 6.07) is 9.77. The van der Waals surface area contributed by atoms with Gasteiger partial charge >= 0.3 is 0 Å². The Hall–Kier alpha value is -1.95. The molecule has 1 aromatic heterocycles. The van der Waals surface area contributed by atoms with Crippen LogP contribution in [0.15, 0.2) is 35.2 Å². The predicted octanol–water partition coefficient (Wildman–Crippen LogP) is 2.81. The highest BCUT2D eigenvalue weighted by Crippen LogP contribution is 2.20. The summed E-state index contributed by atoms with van der Waals surface area (Å²) in [4.78, 5) is 12.9. The molecule has 1 aromatic carbocycles. The molecule has 2 aromatic rings. The predicted molar refractivity (Wildman–Crippen MR) is 93.0 cm³/mol. The lowest BCUT2D eigenvalue weighted by Gasteiger charge is -2.07. The lowest BCUT2D eigenvalue weighted by Crippen LogP contribution is -2.27. The number of ether oxygens (including phenoxy) is 1. The van der Waals surface area contributed by atoms with Crippen molar-refractivity contribution in [2.45, 2.75) is 31.7 Å². The van der Waals surface area contributed by atoms with E-state index in [9.17, 15) is 4.79 Å². The second-order valence-corrected chi connectivity index (χ2v) is 6.37. The first-order valence-electron chi connectivity index (χ1n) is 7.63. The van der Waals surface area contributed by atoms with Crippen molar-refractivity contribution in [3.63, 3.8) is 0 Å². The van der Waals surface area contributed by atoms with Gasteiger partial charge in [-0.05, 0) is 50.6 Å². The van der Waals surface area contributed by atoms with Crippen molar-refractivity contribution in [1.82, 2.24) is 15.1 Å². The SMILES string of the molecule is COc1ccc(SCC(=O)NCCCn2nc(C)cc2C)cc1. The van der Waals surface area contributed by atoms with Crippen LogP contribution in [0, 0.1) is 13.8 Å². The Morgan fingerprint density at radius 2 is 2.04 bits per heavy atom. The normalized spacial score (nSPS) is 10.6. The van der Waals surface area contributed by atoms with Crippen LogP contribution in [-0.4, -0.2) is 35.1 Å². The van der Waals surface area contributed by atoms with Gasteiger partial charge in [-0.1, -0.05) is 0 Å². The van der Waals surface area contributed by atoms with E-state index < -0.39 is 0 Å². The minimum Gasteiger partial charge on any atom is -0.497 e. The highest BCUT2D eigenvalue weighted by atomic mass is 32.2. The van der Waals surface area contributed by atoms with Crippen molar-refractivity contribution in [3.8, 4) is 5.75 Å². The van der Waals surface area contributed by atoms with Gasteiger partial charge in [-0.25, -0.2) is 0 Å². The van der Waals surface area contributed by atoms with Gasteiger partial charge in [0.25, 0.3) is 0 Å². The van der Waals surface area contributed by atoms with Crippen LogP contribution < -0.4 is 10.1 Å². The highest BCUT2D eigenvalue weighted by Gasteiger charge is 2.04. The van der Waals surface area contributed by atoms with E-state index in [4.69, 9.17) is 4.74 Å². The highest BCUT2D eigenvalue weighted by molar-refractivity contribution is 8.00. The fourth-order valence-electron chi connectivity index (χ4n) is 2.23. The number of carbonyl (C=O) groups excluding carboxylic acids is 1.